The smallest absolute Gasteiger partial charge is 0.224 e. The monoisotopic (exact) mass is 327 g/mol. The van der Waals surface area contributed by atoms with Crippen molar-refractivity contribution >= 4 is 17.5 Å². The summed E-state index contributed by atoms with van der Waals surface area (Å²) in [4.78, 5) is 20.6. The van der Waals surface area contributed by atoms with Crippen LogP contribution in [-0.2, 0) is 17.8 Å². The number of aromatic nitrogens is 2. The van der Waals surface area contributed by atoms with Crippen molar-refractivity contribution in [1.29, 1.82) is 0 Å². The predicted molar refractivity (Wildman–Crippen MR) is 86.7 cm³/mol. The van der Waals surface area contributed by atoms with Crippen LogP contribution in [0.1, 0.15) is 11.3 Å². The zero-order valence-corrected chi connectivity index (χ0v) is 13.0. The van der Waals surface area contributed by atoms with Crippen molar-refractivity contribution in [3.8, 4) is 11.5 Å². The van der Waals surface area contributed by atoms with E-state index >= 15 is 0 Å². The Morgan fingerprint density at radius 3 is 2.74 bits per heavy atom. The summed E-state index contributed by atoms with van der Waals surface area (Å²) < 4.78 is 5.35. The highest BCUT2D eigenvalue weighted by atomic mass is 35.5. The van der Waals surface area contributed by atoms with Gasteiger partial charge in [0.2, 0.25) is 5.91 Å². The Morgan fingerprint density at radius 2 is 1.96 bits per heavy atom. The summed E-state index contributed by atoms with van der Waals surface area (Å²) in [5.74, 6) is 0.489. The zero-order valence-electron chi connectivity index (χ0n) is 12.2. The Kier molecular flexibility index (Phi) is 4.68. The minimum Gasteiger partial charge on any atom is -0.463 e. The van der Waals surface area contributed by atoms with Gasteiger partial charge in [-0.25, -0.2) is 4.98 Å². The van der Waals surface area contributed by atoms with E-state index in [1.165, 1.54) is 0 Å². The van der Waals surface area contributed by atoms with E-state index in [0.29, 0.717) is 22.2 Å². The van der Waals surface area contributed by atoms with Crippen LogP contribution in [0.2, 0.25) is 5.02 Å². The molecular weight excluding hydrogens is 314 g/mol. The van der Waals surface area contributed by atoms with E-state index in [1.54, 1.807) is 36.9 Å². The van der Waals surface area contributed by atoms with Crippen molar-refractivity contribution in [2.75, 3.05) is 0 Å². The largest absolute Gasteiger partial charge is 0.463 e. The molecule has 0 saturated heterocycles. The number of nitrogens with one attached hydrogen (secondary N) is 1. The summed E-state index contributed by atoms with van der Waals surface area (Å²) >= 11 is 6.06. The van der Waals surface area contributed by atoms with Crippen LogP contribution in [0, 0.1) is 0 Å². The molecule has 0 atom stereocenters. The lowest BCUT2D eigenvalue weighted by molar-refractivity contribution is -0.120. The van der Waals surface area contributed by atoms with E-state index in [-0.39, 0.29) is 18.9 Å². The number of benzene rings is 1. The molecule has 6 heteroatoms. The number of carbonyl (C=O) groups is 1. The lowest BCUT2D eigenvalue weighted by Gasteiger charge is -2.08. The van der Waals surface area contributed by atoms with Crippen LogP contribution in [0.15, 0.2) is 59.5 Å². The van der Waals surface area contributed by atoms with Gasteiger partial charge in [0.05, 0.1) is 24.9 Å². The third-order valence-corrected chi connectivity index (χ3v) is 3.66. The highest BCUT2D eigenvalue weighted by Crippen LogP contribution is 2.20. The predicted octanol–water partition coefficient (Wildman–Crippen LogP) is 3.25. The first kappa shape index (κ1) is 15.2. The molecule has 0 radical (unpaired) electrons. The lowest BCUT2D eigenvalue weighted by atomic mass is 10.1. The van der Waals surface area contributed by atoms with E-state index in [0.717, 1.165) is 5.56 Å². The number of furan rings is 1. The Labute approximate surface area is 138 Å². The SMILES string of the molecule is O=C(Cc1ccccc1Cl)NCc1nccnc1-c1ccco1. The molecule has 0 aliphatic carbocycles. The molecule has 0 fully saturated rings. The molecule has 3 aromatic rings. The number of halogens is 1. The van der Waals surface area contributed by atoms with E-state index in [4.69, 9.17) is 16.0 Å². The van der Waals surface area contributed by atoms with Crippen LogP contribution in [0.25, 0.3) is 11.5 Å². The molecule has 5 nitrogen and oxygen atoms in total. The second kappa shape index (κ2) is 7.07. The van der Waals surface area contributed by atoms with Crippen molar-refractivity contribution < 1.29 is 9.21 Å². The third-order valence-electron chi connectivity index (χ3n) is 3.29. The summed E-state index contributed by atoms with van der Waals surface area (Å²) in [7, 11) is 0. The third kappa shape index (κ3) is 3.76. The molecule has 1 amide bonds. The Balaban J connectivity index is 1.67. The second-order valence-electron chi connectivity index (χ2n) is 4.87. The molecule has 0 aliphatic rings. The fourth-order valence-corrected chi connectivity index (χ4v) is 2.38. The minimum absolute atomic E-state index is 0.130. The molecule has 0 spiro atoms. The summed E-state index contributed by atoms with van der Waals surface area (Å²) in [5, 5.41) is 3.42. The minimum atomic E-state index is -0.130. The van der Waals surface area contributed by atoms with Gasteiger partial charge in [-0.3, -0.25) is 9.78 Å². The first-order valence-electron chi connectivity index (χ1n) is 7.08. The lowest BCUT2D eigenvalue weighted by Crippen LogP contribution is -2.25. The number of carbonyl (C=O) groups excluding carboxylic acids is 1. The number of hydrogen-bond donors (Lipinski definition) is 1. The van der Waals surface area contributed by atoms with Crippen molar-refractivity contribution in [3.63, 3.8) is 0 Å². The summed E-state index contributed by atoms with van der Waals surface area (Å²) in [6.45, 7) is 0.271. The van der Waals surface area contributed by atoms with Crippen LogP contribution < -0.4 is 5.32 Å². The van der Waals surface area contributed by atoms with Crippen LogP contribution in [0.4, 0.5) is 0 Å². The number of hydrogen-bond acceptors (Lipinski definition) is 4. The van der Waals surface area contributed by atoms with Gasteiger partial charge in [0.25, 0.3) is 0 Å². The Morgan fingerprint density at radius 1 is 1.13 bits per heavy atom. The topological polar surface area (TPSA) is 68.0 Å². The maximum atomic E-state index is 12.1. The van der Waals surface area contributed by atoms with Gasteiger partial charge >= 0.3 is 0 Å². The number of amides is 1. The molecule has 2 aromatic heterocycles. The normalized spacial score (nSPS) is 10.5. The van der Waals surface area contributed by atoms with E-state index in [9.17, 15) is 4.79 Å². The Bertz CT molecular complexity index is 803. The van der Waals surface area contributed by atoms with E-state index in [2.05, 4.69) is 15.3 Å². The average molecular weight is 328 g/mol. The first-order chi connectivity index (χ1) is 11.2. The van der Waals surface area contributed by atoms with Gasteiger partial charge in [-0.1, -0.05) is 29.8 Å². The summed E-state index contributed by atoms with van der Waals surface area (Å²) in [5.41, 5.74) is 2.06. The molecule has 1 aromatic carbocycles. The van der Waals surface area contributed by atoms with Crippen LogP contribution in [-0.4, -0.2) is 15.9 Å². The second-order valence-corrected chi connectivity index (χ2v) is 5.28. The highest BCUT2D eigenvalue weighted by Gasteiger charge is 2.12. The van der Waals surface area contributed by atoms with Gasteiger partial charge in [0.15, 0.2) is 5.76 Å². The van der Waals surface area contributed by atoms with Crippen molar-refractivity contribution in [2.45, 2.75) is 13.0 Å². The summed E-state index contributed by atoms with van der Waals surface area (Å²) in [6, 6.07) is 10.9. The molecule has 3 rings (SSSR count). The van der Waals surface area contributed by atoms with Crippen molar-refractivity contribution in [3.05, 3.63) is 71.3 Å². The van der Waals surface area contributed by atoms with Gasteiger partial charge in [0.1, 0.15) is 5.69 Å². The van der Waals surface area contributed by atoms with Gasteiger partial charge in [-0.2, -0.15) is 0 Å². The van der Waals surface area contributed by atoms with Crippen LogP contribution in [0.3, 0.4) is 0 Å². The fourth-order valence-electron chi connectivity index (χ4n) is 2.17. The maximum Gasteiger partial charge on any atom is 0.224 e. The van der Waals surface area contributed by atoms with Gasteiger partial charge in [-0.15, -0.1) is 0 Å². The Hall–Kier alpha value is -2.66. The van der Waals surface area contributed by atoms with E-state index in [1.807, 2.05) is 18.2 Å². The standard InChI is InChI=1S/C17H14ClN3O2/c18-13-5-2-1-4-12(13)10-16(22)21-11-14-17(20-8-7-19-14)15-6-3-9-23-15/h1-9H,10-11H2,(H,21,22). The molecule has 0 aliphatic heterocycles. The molecule has 2 heterocycles. The van der Waals surface area contributed by atoms with Crippen LogP contribution >= 0.6 is 11.6 Å². The average Bonchev–Trinajstić information content (AvgIpc) is 3.10. The fraction of sp³-hybridized carbons (Fsp3) is 0.118. The van der Waals surface area contributed by atoms with Crippen LogP contribution in [0.5, 0.6) is 0 Å². The summed E-state index contributed by atoms with van der Waals surface area (Å²) in [6.07, 6.45) is 4.97. The zero-order chi connectivity index (χ0) is 16.1. The molecule has 23 heavy (non-hydrogen) atoms. The van der Waals surface area contributed by atoms with Gasteiger partial charge in [0, 0.05) is 17.4 Å². The molecule has 0 bridgehead atoms. The number of rotatable bonds is 5. The first-order valence-corrected chi connectivity index (χ1v) is 7.45. The highest BCUT2D eigenvalue weighted by molar-refractivity contribution is 6.31. The quantitative estimate of drug-likeness (QED) is 0.781. The van der Waals surface area contributed by atoms with Crippen molar-refractivity contribution in [2.24, 2.45) is 0 Å². The van der Waals surface area contributed by atoms with Gasteiger partial charge in [-0.05, 0) is 23.8 Å². The van der Waals surface area contributed by atoms with Crippen molar-refractivity contribution in [1.82, 2.24) is 15.3 Å². The van der Waals surface area contributed by atoms with Gasteiger partial charge < -0.3 is 9.73 Å². The molecule has 1 N–H and O–H groups in total. The van der Waals surface area contributed by atoms with E-state index < -0.39 is 0 Å². The number of nitrogens with zero attached hydrogens (tertiary/aromatic N) is 2. The molecular formula is C17H14ClN3O2. The maximum absolute atomic E-state index is 12.1. The molecule has 116 valence electrons. The molecule has 0 saturated carbocycles. The molecule has 0 unspecified atom stereocenters.